The lowest BCUT2D eigenvalue weighted by molar-refractivity contribution is -0.137. The fourth-order valence-corrected chi connectivity index (χ4v) is 2.36. The lowest BCUT2D eigenvalue weighted by Crippen LogP contribution is -2.42. The molecule has 0 aromatic carbocycles. The molecular formula is C12H22N2O4S. The molecule has 7 heteroatoms. The third-order valence-electron chi connectivity index (χ3n) is 3.45. The number of likely N-dealkylation sites (tertiary alicyclic amines) is 1. The number of nitrogens with one attached hydrogen (secondary N) is 1. The molecule has 1 aliphatic rings. The number of hydrogen-bond acceptors (Lipinski definition) is 3. The first kappa shape index (κ1) is 15.9. The molecule has 0 saturated carbocycles. The summed E-state index contributed by atoms with van der Waals surface area (Å²) < 4.78 is 11.2. The minimum Gasteiger partial charge on any atom is -0.481 e. The van der Waals surface area contributed by atoms with Crippen molar-refractivity contribution in [3.8, 4) is 0 Å². The van der Waals surface area contributed by atoms with Gasteiger partial charge in [0.2, 0.25) is 0 Å². The molecule has 2 amide bonds. The highest BCUT2D eigenvalue weighted by Gasteiger charge is 2.26. The first-order valence-electron chi connectivity index (χ1n) is 6.47. The minimum absolute atomic E-state index is 0.0608. The molecule has 3 atom stereocenters. The van der Waals surface area contributed by atoms with E-state index in [9.17, 15) is 13.8 Å². The summed E-state index contributed by atoms with van der Waals surface area (Å²) in [5.74, 6) is -0.512. The maximum Gasteiger partial charge on any atom is 0.317 e. The normalized spacial score (nSPS) is 22.0. The Morgan fingerprint density at radius 3 is 2.79 bits per heavy atom. The molecular weight excluding hydrogens is 268 g/mol. The largest absolute Gasteiger partial charge is 0.481 e. The zero-order valence-corrected chi connectivity index (χ0v) is 12.2. The highest BCUT2D eigenvalue weighted by Crippen LogP contribution is 2.20. The number of aliphatic carboxylic acids is 1. The van der Waals surface area contributed by atoms with E-state index < -0.39 is 16.8 Å². The molecule has 0 bridgehead atoms. The van der Waals surface area contributed by atoms with Gasteiger partial charge in [-0.05, 0) is 25.7 Å². The van der Waals surface area contributed by atoms with Gasteiger partial charge in [0.15, 0.2) is 0 Å². The predicted molar refractivity (Wildman–Crippen MR) is 73.5 cm³/mol. The van der Waals surface area contributed by atoms with Crippen molar-refractivity contribution in [2.45, 2.75) is 31.4 Å². The van der Waals surface area contributed by atoms with E-state index in [1.165, 1.54) is 0 Å². The van der Waals surface area contributed by atoms with Crippen LogP contribution in [0.2, 0.25) is 0 Å². The van der Waals surface area contributed by atoms with Crippen molar-refractivity contribution in [2.24, 2.45) is 5.92 Å². The van der Waals surface area contributed by atoms with Crippen LogP contribution in [0.4, 0.5) is 4.79 Å². The molecule has 2 N–H and O–H groups in total. The van der Waals surface area contributed by atoms with Gasteiger partial charge in [0, 0.05) is 48.4 Å². The zero-order valence-electron chi connectivity index (χ0n) is 11.4. The molecule has 19 heavy (non-hydrogen) atoms. The van der Waals surface area contributed by atoms with E-state index in [1.54, 1.807) is 11.2 Å². The summed E-state index contributed by atoms with van der Waals surface area (Å²) in [6.45, 7) is 3.51. The molecule has 3 unspecified atom stereocenters. The number of carboxylic acid groups (broad SMARTS) is 1. The fraction of sp³-hybridized carbons (Fsp3) is 0.833. The molecule has 6 nitrogen and oxygen atoms in total. The molecule has 1 saturated heterocycles. The van der Waals surface area contributed by atoms with E-state index in [1.807, 2.05) is 6.92 Å². The molecule has 1 fully saturated rings. The van der Waals surface area contributed by atoms with Gasteiger partial charge in [0.1, 0.15) is 0 Å². The smallest absolute Gasteiger partial charge is 0.317 e. The second-order valence-electron chi connectivity index (χ2n) is 5.03. The van der Waals surface area contributed by atoms with Gasteiger partial charge < -0.3 is 15.3 Å². The van der Waals surface area contributed by atoms with E-state index >= 15 is 0 Å². The molecule has 0 aromatic rings. The maximum absolute atomic E-state index is 11.9. The number of carbonyl (C=O) groups is 2. The summed E-state index contributed by atoms with van der Waals surface area (Å²) in [7, 11) is -0.942. The van der Waals surface area contributed by atoms with Crippen LogP contribution in [-0.4, -0.2) is 57.4 Å². The number of nitrogens with zero attached hydrogens (tertiary/aromatic N) is 1. The van der Waals surface area contributed by atoms with Crippen molar-refractivity contribution in [3.05, 3.63) is 0 Å². The number of urea groups is 1. The first-order chi connectivity index (χ1) is 8.90. The van der Waals surface area contributed by atoms with Crippen LogP contribution in [0.25, 0.3) is 0 Å². The SMILES string of the molecule is CC(CNC(=O)N1CCC(CCC(=O)O)C1)S(C)=O. The topological polar surface area (TPSA) is 86.7 Å². The van der Waals surface area contributed by atoms with Gasteiger partial charge in [-0.1, -0.05) is 0 Å². The van der Waals surface area contributed by atoms with Crippen LogP contribution < -0.4 is 5.32 Å². The third-order valence-corrected chi connectivity index (χ3v) is 4.75. The third kappa shape index (κ3) is 5.59. The molecule has 0 aromatic heterocycles. The predicted octanol–water partition coefficient (Wildman–Crippen LogP) is 0.650. The quantitative estimate of drug-likeness (QED) is 0.752. The van der Waals surface area contributed by atoms with Crippen molar-refractivity contribution in [1.82, 2.24) is 10.2 Å². The summed E-state index contributed by atoms with van der Waals surface area (Å²) in [6, 6.07) is -0.143. The zero-order chi connectivity index (χ0) is 14.4. The molecule has 110 valence electrons. The number of carboxylic acids is 1. The van der Waals surface area contributed by atoms with Gasteiger partial charge in [-0.25, -0.2) is 4.79 Å². The van der Waals surface area contributed by atoms with Crippen molar-refractivity contribution in [1.29, 1.82) is 0 Å². The lowest BCUT2D eigenvalue weighted by atomic mass is 10.0. The number of hydrogen-bond donors (Lipinski definition) is 2. The Labute approximate surface area is 116 Å². The Morgan fingerprint density at radius 1 is 1.53 bits per heavy atom. The Kier molecular flexibility index (Phi) is 6.27. The molecule has 1 aliphatic heterocycles. The van der Waals surface area contributed by atoms with Gasteiger partial charge in [-0.2, -0.15) is 0 Å². The van der Waals surface area contributed by atoms with E-state index in [-0.39, 0.29) is 23.6 Å². The molecule has 0 spiro atoms. The second-order valence-corrected chi connectivity index (χ2v) is 6.83. The first-order valence-corrected chi connectivity index (χ1v) is 8.09. The minimum atomic E-state index is -0.942. The summed E-state index contributed by atoms with van der Waals surface area (Å²) >= 11 is 0. The highest BCUT2D eigenvalue weighted by atomic mass is 32.2. The van der Waals surface area contributed by atoms with E-state index in [0.29, 0.717) is 26.1 Å². The average molecular weight is 290 g/mol. The summed E-state index contributed by atoms with van der Waals surface area (Å²) in [6.07, 6.45) is 3.26. The molecule has 0 aliphatic carbocycles. The Bertz CT molecular complexity index is 362. The van der Waals surface area contributed by atoms with Gasteiger partial charge >= 0.3 is 12.0 Å². The summed E-state index contributed by atoms with van der Waals surface area (Å²) in [4.78, 5) is 24.1. The van der Waals surface area contributed by atoms with Gasteiger partial charge in [-0.3, -0.25) is 9.00 Å². The number of carbonyl (C=O) groups excluding carboxylic acids is 1. The van der Waals surface area contributed by atoms with E-state index in [0.717, 1.165) is 6.42 Å². The van der Waals surface area contributed by atoms with Crippen LogP contribution >= 0.6 is 0 Å². The monoisotopic (exact) mass is 290 g/mol. The Morgan fingerprint density at radius 2 is 2.21 bits per heavy atom. The number of rotatable bonds is 6. The Balaban J connectivity index is 2.28. The number of amides is 2. The van der Waals surface area contributed by atoms with Gasteiger partial charge in [0.25, 0.3) is 0 Å². The van der Waals surface area contributed by atoms with Crippen molar-refractivity contribution in [3.63, 3.8) is 0 Å². The van der Waals surface area contributed by atoms with Crippen LogP contribution in [-0.2, 0) is 15.6 Å². The molecule has 1 rings (SSSR count). The fourth-order valence-electron chi connectivity index (χ4n) is 2.04. The van der Waals surface area contributed by atoms with Crippen molar-refractivity contribution >= 4 is 22.8 Å². The van der Waals surface area contributed by atoms with Crippen LogP contribution in [0, 0.1) is 5.92 Å². The van der Waals surface area contributed by atoms with Crippen molar-refractivity contribution in [2.75, 3.05) is 25.9 Å². The molecule has 1 heterocycles. The van der Waals surface area contributed by atoms with Gasteiger partial charge in [0.05, 0.1) is 0 Å². The van der Waals surface area contributed by atoms with Crippen molar-refractivity contribution < 1.29 is 18.9 Å². The van der Waals surface area contributed by atoms with E-state index in [2.05, 4.69) is 5.32 Å². The van der Waals surface area contributed by atoms with Crippen LogP contribution in [0.3, 0.4) is 0 Å². The maximum atomic E-state index is 11.9. The summed E-state index contributed by atoms with van der Waals surface area (Å²) in [5, 5.41) is 11.3. The lowest BCUT2D eigenvalue weighted by Gasteiger charge is -2.18. The summed E-state index contributed by atoms with van der Waals surface area (Å²) in [5.41, 5.74) is 0. The van der Waals surface area contributed by atoms with Crippen LogP contribution in [0.5, 0.6) is 0 Å². The average Bonchev–Trinajstić information content (AvgIpc) is 2.81. The van der Waals surface area contributed by atoms with Gasteiger partial charge in [-0.15, -0.1) is 0 Å². The standard InChI is InChI=1S/C12H22N2O4S/c1-9(19(2)18)7-13-12(17)14-6-5-10(8-14)3-4-11(15)16/h9-10H,3-8H2,1-2H3,(H,13,17)(H,15,16). The Hall–Kier alpha value is -1.11. The second kappa shape index (κ2) is 7.47. The highest BCUT2D eigenvalue weighted by molar-refractivity contribution is 7.84. The molecule has 0 radical (unpaired) electrons. The van der Waals surface area contributed by atoms with Crippen LogP contribution in [0.1, 0.15) is 26.2 Å². The van der Waals surface area contributed by atoms with Crippen LogP contribution in [0.15, 0.2) is 0 Å². The van der Waals surface area contributed by atoms with E-state index in [4.69, 9.17) is 5.11 Å².